The molecule has 32 nitrogen and oxygen atoms in total. The maximum absolute atomic E-state index is 15.2. The number of hydrogen-bond acceptors (Lipinski definition) is 23. The molecule has 0 radical (unpaired) electrons. The number of ketones is 3. The summed E-state index contributed by atoms with van der Waals surface area (Å²) in [5.41, 5.74) is 6.95. The lowest BCUT2D eigenvalue weighted by atomic mass is 9.80. The molecule has 668 valence electrons. The molecular formula is C87H134N12O20S. The van der Waals surface area contributed by atoms with E-state index < -0.39 is 107 Å². The van der Waals surface area contributed by atoms with E-state index in [9.17, 15) is 57.8 Å². The Kier molecular flexibility index (Phi) is 43.3. The number of carbonyl (C=O) groups is 13. The first-order valence-corrected chi connectivity index (χ1v) is 43.4. The highest BCUT2D eigenvalue weighted by atomic mass is 32.1. The highest BCUT2D eigenvalue weighted by Gasteiger charge is 2.45. The normalized spacial score (nSPS) is 17.3. The molecule has 12 atom stereocenters. The van der Waals surface area contributed by atoms with Gasteiger partial charge < -0.3 is 85.0 Å². The molecule has 11 amide bonds. The molecule has 2 aromatic carbocycles. The van der Waals surface area contributed by atoms with Gasteiger partial charge in [-0.25, -0.2) is 14.6 Å². The molecular weight excluding hydrogens is 1570 g/mol. The minimum atomic E-state index is -1.52. The number of hydrogen-bond donors (Lipinski definition) is 6. The number of nitrogens with one attached hydrogen (secondary N) is 4. The molecule has 1 unspecified atom stereocenters. The number of ether oxygens (including phenoxy) is 6. The number of rotatable bonds is 55. The van der Waals surface area contributed by atoms with Gasteiger partial charge >= 0.3 is 12.1 Å². The van der Waals surface area contributed by atoms with E-state index >= 15 is 9.59 Å². The lowest BCUT2D eigenvalue weighted by molar-refractivity contribution is -0.148. The van der Waals surface area contributed by atoms with E-state index in [0.717, 1.165) is 15.5 Å². The number of Topliss-reactive ketones (excluding diaryl/α,β-unsaturated/α-hetero) is 3. The second kappa shape index (κ2) is 51.9. The number of likely N-dealkylation sites (N-methyl/N-ethyl adjacent to an activating group) is 3. The largest absolute Gasteiger partial charge is 0.431 e. The van der Waals surface area contributed by atoms with Gasteiger partial charge in [0.2, 0.25) is 47.5 Å². The molecule has 3 fully saturated rings. The van der Waals surface area contributed by atoms with Crippen LogP contribution in [0, 0.1) is 47.3 Å². The summed E-state index contributed by atoms with van der Waals surface area (Å²) < 4.78 is 34.6. The average Bonchev–Trinajstić information content (AvgIpc) is 1.57. The number of carbonyl (C=O) groups excluding carboxylic acids is 13. The van der Waals surface area contributed by atoms with Crippen molar-refractivity contribution in [2.45, 2.75) is 194 Å². The molecule has 33 heteroatoms. The van der Waals surface area contributed by atoms with Crippen LogP contribution in [0.25, 0.3) is 0 Å². The molecule has 3 saturated heterocycles. The van der Waals surface area contributed by atoms with Crippen molar-refractivity contribution in [1.29, 1.82) is 0 Å². The van der Waals surface area contributed by atoms with Crippen LogP contribution in [0.5, 0.6) is 0 Å². The van der Waals surface area contributed by atoms with Crippen LogP contribution < -0.4 is 27.0 Å². The van der Waals surface area contributed by atoms with Gasteiger partial charge in [0.25, 0.3) is 5.91 Å². The van der Waals surface area contributed by atoms with Crippen molar-refractivity contribution < 1.29 is 95.9 Å². The molecule has 3 aliphatic rings. The van der Waals surface area contributed by atoms with Gasteiger partial charge in [-0.2, -0.15) is 0 Å². The van der Waals surface area contributed by atoms with E-state index in [1.807, 2.05) is 77.4 Å². The summed E-state index contributed by atoms with van der Waals surface area (Å²) in [5.74, 6) is -8.32. The molecule has 4 heterocycles. The zero-order valence-electron chi connectivity index (χ0n) is 72.8. The van der Waals surface area contributed by atoms with Crippen LogP contribution in [0.15, 0.2) is 66.2 Å². The highest BCUT2D eigenvalue weighted by Crippen LogP contribution is 2.36. The third kappa shape index (κ3) is 31.6. The van der Waals surface area contributed by atoms with Crippen molar-refractivity contribution >= 4 is 93.8 Å². The van der Waals surface area contributed by atoms with Crippen molar-refractivity contribution in [2.75, 3.05) is 145 Å². The number of aromatic nitrogens is 1. The topological polar surface area (TPSA) is 404 Å². The zero-order chi connectivity index (χ0) is 88.1. The van der Waals surface area contributed by atoms with Crippen LogP contribution in [-0.4, -0.2) is 287 Å². The van der Waals surface area contributed by atoms with Gasteiger partial charge in [-0.1, -0.05) is 111 Å². The average molecular weight is 1700 g/mol. The van der Waals surface area contributed by atoms with Gasteiger partial charge in [0.15, 0.2) is 11.6 Å². The Labute approximate surface area is 711 Å². The summed E-state index contributed by atoms with van der Waals surface area (Å²) in [6, 6.07) is 12.2. The van der Waals surface area contributed by atoms with E-state index in [-0.39, 0.29) is 207 Å². The third-order valence-corrected chi connectivity index (χ3v) is 24.1. The SMILES string of the molecule is CC[C@H](C)[C@@H]([C@@H](CC(=O)N1CCC[C@H]1[C@H](CO)[C@@H](C)C(=O)C[C@@H](Cc1ccccc1)c1nccs1)OC)N(C)C(=O)[C@@H](CC(=O)[C@H](C(C)C)N(C)C(=O)OC(C(=O)N1CCN(C)CC1)c1ccc(NC(=O)[C@H](CCCNC(N)=O)CC(=O)[C@@H](NC(=O)CCOCCOCCOCCOCCNC(=O)CCN2C(=O)CCC2=O)C(C)C)cc1)C(C)C. The number of anilines is 1. The van der Waals surface area contributed by atoms with Gasteiger partial charge in [0.1, 0.15) is 5.78 Å². The molecule has 7 N–H and O–H groups in total. The number of benzene rings is 2. The Morgan fingerprint density at radius 3 is 1.90 bits per heavy atom. The van der Waals surface area contributed by atoms with Crippen molar-refractivity contribution in [3.05, 3.63) is 82.3 Å². The van der Waals surface area contributed by atoms with E-state index in [0.29, 0.717) is 65.0 Å². The van der Waals surface area contributed by atoms with E-state index in [4.69, 9.17) is 34.2 Å². The summed E-state index contributed by atoms with van der Waals surface area (Å²) in [6.45, 7) is 20.7. The first-order valence-electron chi connectivity index (χ1n) is 42.6. The summed E-state index contributed by atoms with van der Waals surface area (Å²) in [7, 11) is 6.53. The zero-order valence-corrected chi connectivity index (χ0v) is 73.6. The Bertz CT molecular complexity index is 3740. The van der Waals surface area contributed by atoms with Crippen molar-refractivity contribution in [1.82, 2.24) is 50.3 Å². The molecule has 1 aromatic heterocycles. The Morgan fingerprint density at radius 2 is 1.32 bits per heavy atom. The highest BCUT2D eigenvalue weighted by molar-refractivity contribution is 7.09. The minimum Gasteiger partial charge on any atom is -0.431 e. The maximum atomic E-state index is 15.2. The predicted molar refractivity (Wildman–Crippen MR) is 451 cm³/mol. The van der Waals surface area contributed by atoms with Crippen molar-refractivity contribution in [3.63, 3.8) is 0 Å². The number of aliphatic hydroxyl groups is 1. The lowest BCUT2D eigenvalue weighted by Crippen LogP contribution is -2.54. The number of piperazine rings is 1. The van der Waals surface area contributed by atoms with Crippen LogP contribution in [0.1, 0.15) is 174 Å². The van der Waals surface area contributed by atoms with Gasteiger partial charge in [0, 0.05) is 184 Å². The second-order valence-corrected chi connectivity index (χ2v) is 33.7. The fourth-order valence-electron chi connectivity index (χ4n) is 15.9. The molecule has 0 saturated carbocycles. The number of amides is 11. The summed E-state index contributed by atoms with van der Waals surface area (Å²) in [6.07, 6.45) is 1.22. The molecule has 0 aliphatic carbocycles. The molecule has 0 bridgehead atoms. The Balaban J connectivity index is 1.04. The predicted octanol–water partition coefficient (Wildman–Crippen LogP) is 7.00. The maximum Gasteiger partial charge on any atom is 0.411 e. The van der Waals surface area contributed by atoms with Crippen molar-refractivity contribution in [2.24, 2.45) is 53.1 Å². The van der Waals surface area contributed by atoms with Gasteiger partial charge in [0.05, 0.1) is 88.5 Å². The second-order valence-electron chi connectivity index (χ2n) is 32.8. The fraction of sp³-hybridized carbons (Fsp3) is 0.678. The minimum absolute atomic E-state index is 0.0149. The third-order valence-electron chi connectivity index (χ3n) is 23.1. The van der Waals surface area contributed by atoms with Crippen molar-refractivity contribution in [3.8, 4) is 0 Å². The number of urea groups is 1. The summed E-state index contributed by atoms with van der Waals surface area (Å²) in [4.78, 5) is 192. The molecule has 3 aromatic rings. The van der Waals surface area contributed by atoms with Crippen LogP contribution in [0.4, 0.5) is 15.3 Å². The monoisotopic (exact) mass is 1700 g/mol. The van der Waals surface area contributed by atoms with Crippen LogP contribution in [0.2, 0.25) is 0 Å². The van der Waals surface area contributed by atoms with Gasteiger partial charge in [-0.05, 0) is 80.5 Å². The smallest absolute Gasteiger partial charge is 0.411 e. The number of imide groups is 1. The number of thiazole rings is 1. The van der Waals surface area contributed by atoms with E-state index in [1.54, 1.807) is 55.6 Å². The van der Waals surface area contributed by atoms with Gasteiger partial charge in [-0.15, -0.1) is 11.3 Å². The molecule has 120 heavy (non-hydrogen) atoms. The standard InChI is InChI=1S/C87H134N12O20S/c1-14-59(8)80(72(114-13)54-77(108)98-35-19-23-68(98)67(55-100)60(9)69(101)52-64(83-90-34-49-120-83)50-61-20-16-15-17-21-61)95(11)84(110)66(56(2)3)53-71(103)79(58(6)7)96(12)87(113)119-81(85(111)97-39-37-94(10)38-40-97)62-24-26-65(27-25-62)92-82(109)63(22-18-32-91-86(88)112)51-70(102)78(57(4)5)93-74(105)31-41-115-43-45-117-47-48-118-46-44-116-42-33-89-73(104)30-36-99-75(106)28-29-76(99)107/h15-17,20-21,24-27,34,49,56-60,63-64,66-68,72,78-81,100H,14,18-19,22-23,28-33,35-48,50-55H2,1-13H3,(H,89,104)(H,92,109)(H,93,105)(H3,88,91,112)/t59-,60+,63+,64+,66-,67+,68-,72+,78-,79-,80-,81?/m0/s1. The summed E-state index contributed by atoms with van der Waals surface area (Å²) >= 11 is 1.51. The number of nitrogens with two attached hydrogens (primary N) is 1. The lowest BCUT2D eigenvalue weighted by Gasteiger charge is -2.41. The van der Waals surface area contributed by atoms with E-state index in [1.165, 1.54) is 54.7 Å². The van der Waals surface area contributed by atoms with Crippen LogP contribution in [-0.2, 0) is 87.6 Å². The number of nitrogens with zero attached hydrogens (tertiary/aromatic N) is 7. The quantitative estimate of drug-likeness (QED) is 0.0245. The number of likely N-dealkylation sites (tertiary alicyclic amines) is 2. The first kappa shape index (κ1) is 100. The molecule has 0 spiro atoms. The van der Waals surface area contributed by atoms with Crippen LogP contribution in [0.3, 0.4) is 0 Å². The van der Waals surface area contributed by atoms with E-state index in [2.05, 4.69) is 31.2 Å². The van der Waals surface area contributed by atoms with Gasteiger partial charge in [-0.3, -0.25) is 57.6 Å². The molecule has 3 aliphatic heterocycles. The number of primary amides is 1. The Morgan fingerprint density at radius 1 is 0.692 bits per heavy atom. The Hall–Kier alpha value is -8.70. The fourth-order valence-corrected chi connectivity index (χ4v) is 16.6. The number of aliphatic hydroxyl groups excluding tert-OH is 1. The number of methoxy groups -OCH3 is 1. The molecule has 6 rings (SSSR count). The van der Waals surface area contributed by atoms with Crippen LogP contribution >= 0.6 is 11.3 Å². The summed E-state index contributed by atoms with van der Waals surface area (Å²) in [5, 5.41) is 24.7. The first-order chi connectivity index (χ1) is 57.3.